The van der Waals surface area contributed by atoms with Crippen LogP contribution in [-0.4, -0.2) is 24.1 Å². The normalized spacial score (nSPS) is 23.1. The van der Waals surface area contributed by atoms with Crippen LogP contribution in [-0.2, 0) is 11.3 Å². The Morgan fingerprint density at radius 3 is 2.46 bits per heavy atom. The molecule has 2 rings (SSSR count). The first-order valence-corrected chi connectivity index (χ1v) is 9.89. The Kier molecular flexibility index (Phi) is 5.75. The highest BCUT2D eigenvalue weighted by Gasteiger charge is 2.67. The van der Waals surface area contributed by atoms with Crippen LogP contribution < -0.4 is 10.1 Å². The van der Waals surface area contributed by atoms with Crippen LogP contribution in [0.2, 0.25) is 0 Å². The Hall–Kier alpha value is -0.940. The smallest absolute Gasteiger partial charge is 0.255 e. The molecule has 0 saturated heterocycles. The first kappa shape index (κ1) is 19.4. The third kappa shape index (κ3) is 3.38. The zero-order valence-corrected chi connectivity index (χ0v) is 17.1. The molecule has 1 unspecified atom stereocenters. The van der Waals surface area contributed by atoms with Gasteiger partial charge >= 0.3 is 0 Å². The number of amides is 1. The monoisotopic (exact) mass is 351 g/mol. The summed E-state index contributed by atoms with van der Waals surface area (Å²) in [6, 6.07) is 0. The summed E-state index contributed by atoms with van der Waals surface area (Å²) in [5, 5.41) is 3.19. The van der Waals surface area contributed by atoms with E-state index in [1.807, 2.05) is 7.05 Å². The molecular weight excluding hydrogens is 318 g/mol. The summed E-state index contributed by atoms with van der Waals surface area (Å²) in [5.74, 6) is 0.405. The molecule has 1 saturated carbocycles. The van der Waals surface area contributed by atoms with E-state index >= 15 is 0 Å². The van der Waals surface area contributed by atoms with E-state index in [9.17, 15) is 4.79 Å². The van der Waals surface area contributed by atoms with Crippen molar-refractivity contribution in [1.29, 1.82) is 0 Å². The van der Waals surface area contributed by atoms with Gasteiger partial charge in [0.15, 0.2) is 4.80 Å². The summed E-state index contributed by atoms with van der Waals surface area (Å²) in [5.41, 5.74) is 1.04. The fourth-order valence-electron chi connectivity index (χ4n) is 3.95. The molecule has 24 heavy (non-hydrogen) atoms. The molecule has 0 aliphatic heterocycles. The molecule has 1 aliphatic rings. The Morgan fingerprint density at radius 1 is 1.33 bits per heavy atom. The van der Waals surface area contributed by atoms with Gasteiger partial charge in [0, 0.05) is 17.1 Å². The van der Waals surface area contributed by atoms with E-state index in [4.69, 9.17) is 0 Å². The van der Waals surface area contributed by atoms with Crippen LogP contribution in [0.1, 0.15) is 57.5 Å². The van der Waals surface area contributed by atoms with Crippen LogP contribution in [0, 0.1) is 30.6 Å². The average molecular weight is 352 g/mol. The molecule has 1 aromatic rings. The molecule has 1 fully saturated rings. The van der Waals surface area contributed by atoms with Crippen molar-refractivity contribution < 1.29 is 4.79 Å². The number of hydrogen-bond donors (Lipinski definition) is 1. The van der Waals surface area contributed by atoms with Crippen LogP contribution in [0.3, 0.4) is 0 Å². The molecule has 1 amide bonds. The first-order chi connectivity index (χ1) is 11.2. The lowest BCUT2D eigenvalue weighted by atomic mass is 9.84. The van der Waals surface area contributed by atoms with E-state index in [1.165, 1.54) is 10.6 Å². The average Bonchev–Trinajstić information content (AvgIpc) is 3.01. The number of rotatable bonds is 7. The van der Waals surface area contributed by atoms with E-state index in [0.29, 0.717) is 5.92 Å². The fourth-order valence-corrected chi connectivity index (χ4v) is 4.95. The highest BCUT2D eigenvalue weighted by molar-refractivity contribution is 7.09. The molecule has 1 N–H and O–H groups in total. The maximum Gasteiger partial charge on any atom is 0.255 e. The molecule has 136 valence electrons. The standard InChI is InChI=1S/C19H33N3OS/c1-13(2)19(12-18(19,5)6)16(23)21-17-22(11-9-8-10-20-7)14(3)15(4)24-17/h13,20H,8-12H2,1-7H3/b21-17-. The number of carbonyl (C=O) groups excluding carboxylic acids is 1. The van der Waals surface area contributed by atoms with Crippen molar-refractivity contribution in [1.82, 2.24) is 9.88 Å². The number of carbonyl (C=O) groups is 1. The van der Waals surface area contributed by atoms with E-state index < -0.39 is 0 Å². The van der Waals surface area contributed by atoms with Gasteiger partial charge in [0.1, 0.15) is 0 Å². The van der Waals surface area contributed by atoms with Gasteiger partial charge in [0.25, 0.3) is 5.91 Å². The molecule has 1 atom stereocenters. The molecule has 1 aromatic heterocycles. The highest BCUT2D eigenvalue weighted by Crippen LogP contribution is 2.68. The zero-order valence-electron chi connectivity index (χ0n) is 16.3. The number of aryl methyl sites for hydroxylation is 1. The van der Waals surface area contributed by atoms with Crippen LogP contribution in [0.4, 0.5) is 0 Å². The van der Waals surface area contributed by atoms with Crippen molar-refractivity contribution >= 4 is 17.2 Å². The van der Waals surface area contributed by atoms with Crippen molar-refractivity contribution in [2.24, 2.45) is 21.7 Å². The molecule has 1 heterocycles. The van der Waals surface area contributed by atoms with Crippen molar-refractivity contribution in [3.8, 4) is 0 Å². The van der Waals surface area contributed by atoms with Gasteiger partial charge in [-0.1, -0.05) is 27.7 Å². The summed E-state index contributed by atoms with van der Waals surface area (Å²) >= 11 is 1.65. The predicted molar refractivity (Wildman–Crippen MR) is 101 cm³/mol. The molecular formula is C19H33N3OS. The van der Waals surface area contributed by atoms with Crippen molar-refractivity contribution in [2.45, 2.75) is 67.3 Å². The second-order valence-corrected chi connectivity index (χ2v) is 9.27. The van der Waals surface area contributed by atoms with Gasteiger partial charge in [-0.2, -0.15) is 4.99 Å². The van der Waals surface area contributed by atoms with Crippen LogP contribution in [0.15, 0.2) is 4.99 Å². The summed E-state index contributed by atoms with van der Waals surface area (Å²) in [7, 11) is 1.98. The maximum atomic E-state index is 13.0. The maximum absolute atomic E-state index is 13.0. The van der Waals surface area contributed by atoms with Gasteiger partial charge in [-0.3, -0.25) is 4.79 Å². The topological polar surface area (TPSA) is 46.4 Å². The number of nitrogens with zero attached hydrogens (tertiary/aromatic N) is 2. The van der Waals surface area contributed by atoms with Gasteiger partial charge in [-0.25, -0.2) is 0 Å². The summed E-state index contributed by atoms with van der Waals surface area (Å²) < 4.78 is 2.23. The largest absolute Gasteiger partial charge is 0.321 e. The Bertz CT molecular complexity index is 669. The summed E-state index contributed by atoms with van der Waals surface area (Å²) in [6.07, 6.45) is 3.18. The van der Waals surface area contributed by atoms with Crippen molar-refractivity contribution in [3.05, 3.63) is 15.4 Å². The predicted octanol–water partition coefficient (Wildman–Crippen LogP) is 3.67. The number of thiazole rings is 1. The van der Waals surface area contributed by atoms with E-state index in [-0.39, 0.29) is 16.7 Å². The first-order valence-electron chi connectivity index (χ1n) is 9.08. The molecule has 4 nitrogen and oxygen atoms in total. The van der Waals surface area contributed by atoms with Crippen LogP contribution in [0.25, 0.3) is 0 Å². The minimum atomic E-state index is -0.275. The zero-order chi connectivity index (χ0) is 18.1. The lowest BCUT2D eigenvalue weighted by molar-refractivity contribution is -0.126. The van der Waals surface area contributed by atoms with E-state index in [1.54, 1.807) is 11.3 Å². The molecule has 5 heteroatoms. The number of nitrogens with one attached hydrogen (secondary N) is 1. The van der Waals surface area contributed by atoms with Crippen molar-refractivity contribution in [2.75, 3.05) is 13.6 Å². The minimum absolute atomic E-state index is 0.0702. The van der Waals surface area contributed by atoms with Crippen molar-refractivity contribution in [3.63, 3.8) is 0 Å². The summed E-state index contributed by atoms with van der Waals surface area (Å²) in [4.78, 5) is 19.8. The SMILES string of the molecule is CNCCCCn1c(C)c(C)s/c1=N\C(=O)C1(C(C)C)CC1(C)C. The van der Waals surface area contributed by atoms with Crippen LogP contribution in [0.5, 0.6) is 0 Å². The Morgan fingerprint density at radius 2 is 1.96 bits per heavy atom. The molecule has 0 spiro atoms. The number of hydrogen-bond acceptors (Lipinski definition) is 3. The second-order valence-electron chi connectivity index (χ2n) is 8.09. The third-order valence-corrected chi connectivity index (χ3v) is 6.91. The van der Waals surface area contributed by atoms with Gasteiger partial charge in [-0.15, -0.1) is 11.3 Å². The highest BCUT2D eigenvalue weighted by atomic mass is 32.1. The molecule has 0 aromatic carbocycles. The quantitative estimate of drug-likeness (QED) is 0.762. The van der Waals surface area contributed by atoms with Gasteiger partial charge in [-0.05, 0) is 58.0 Å². The van der Waals surface area contributed by atoms with Gasteiger partial charge in [0.05, 0.1) is 5.41 Å². The minimum Gasteiger partial charge on any atom is -0.321 e. The van der Waals surface area contributed by atoms with Gasteiger partial charge < -0.3 is 9.88 Å². The summed E-state index contributed by atoms with van der Waals surface area (Å²) in [6.45, 7) is 14.9. The fraction of sp³-hybridized carbons (Fsp3) is 0.789. The third-order valence-electron chi connectivity index (χ3n) is 5.82. The molecule has 1 aliphatic carbocycles. The Labute approximate surface area is 150 Å². The van der Waals surface area contributed by atoms with Crippen LogP contribution >= 0.6 is 11.3 Å². The molecule has 0 radical (unpaired) electrons. The molecule has 0 bridgehead atoms. The second kappa shape index (κ2) is 7.12. The lowest BCUT2D eigenvalue weighted by Gasteiger charge is -2.20. The number of aromatic nitrogens is 1. The Balaban J connectivity index is 2.29. The van der Waals surface area contributed by atoms with Gasteiger partial charge in [0.2, 0.25) is 0 Å². The lowest BCUT2D eigenvalue weighted by Crippen LogP contribution is -2.29. The number of unbranched alkanes of at least 4 members (excludes halogenated alkanes) is 1. The van der Waals surface area contributed by atoms with E-state index in [0.717, 1.165) is 37.2 Å². The van der Waals surface area contributed by atoms with E-state index in [2.05, 4.69) is 56.4 Å².